The van der Waals surface area contributed by atoms with Crippen molar-refractivity contribution < 1.29 is 0 Å². The van der Waals surface area contributed by atoms with Gasteiger partial charge in [0, 0.05) is 18.9 Å². The lowest BCUT2D eigenvalue weighted by Gasteiger charge is -2.08. The van der Waals surface area contributed by atoms with Crippen LogP contribution in [0, 0.1) is 6.92 Å². The smallest absolute Gasteiger partial charge is 0.0918 e. The normalized spacial score (nSPS) is 12.7. The summed E-state index contributed by atoms with van der Waals surface area (Å²) < 4.78 is 1.74. The van der Waals surface area contributed by atoms with Gasteiger partial charge in [0.1, 0.15) is 0 Å². The van der Waals surface area contributed by atoms with Crippen molar-refractivity contribution in [2.24, 2.45) is 12.8 Å². The summed E-state index contributed by atoms with van der Waals surface area (Å²) in [5.74, 6) is 0. The first-order valence-electron chi connectivity index (χ1n) is 4.85. The summed E-state index contributed by atoms with van der Waals surface area (Å²) in [5.41, 5.74) is 8.73. The van der Waals surface area contributed by atoms with Crippen molar-refractivity contribution in [2.75, 3.05) is 0 Å². The molecule has 0 amide bonds. The van der Waals surface area contributed by atoms with E-state index in [1.165, 1.54) is 0 Å². The molecule has 2 aromatic heterocycles. The number of nitrogens with two attached hydrogens (primary N) is 1. The Morgan fingerprint density at radius 2 is 2.07 bits per heavy atom. The molecule has 1 atom stereocenters. The number of hydrogen-bond donors (Lipinski definition) is 1. The molecule has 0 aliphatic rings. The van der Waals surface area contributed by atoms with Gasteiger partial charge in [-0.15, -0.1) is 0 Å². The third-order valence-corrected chi connectivity index (χ3v) is 2.28. The van der Waals surface area contributed by atoms with Gasteiger partial charge in [0.05, 0.1) is 17.4 Å². The molecule has 0 bridgehead atoms. The topological polar surface area (TPSA) is 56.7 Å². The predicted molar refractivity (Wildman–Crippen MR) is 58.2 cm³/mol. The first-order valence-corrected chi connectivity index (χ1v) is 4.85. The Balaban J connectivity index is 2.32. The van der Waals surface area contributed by atoms with E-state index < -0.39 is 0 Å². The minimum absolute atomic E-state index is 0.244. The monoisotopic (exact) mass is 202 g/mol. The Bertz CT molecular complexity index is 461. The third-order valence-electron chi connectivity index (χ3n) is 2.28. The number of aromatic nitrogens is 3. The zero-order valence-corrected chi connectivity index (χ0v) is 8.88. The van der Waals surface area contributed by atoms with Crippen molar-refractivity contribution in [1.29, 1.82) is 0 Å². The highest BCUT2D eigenvalue weighted by Gasteiger charge is 2.12. The zero-order valence-electron chi connectivity index (χ0n) is 8.88. The average molecular weight is 202 g/mol. The summed E-state index contributed by atoms with van der Waals surface area (Å²) >= 11 is 0. The summed E-state index contributed by atoms with van der Waals surface area (Å²) in [6.45, 7) is 1.95. The molecule has 0 spiro atoms. The molecule has 0 aliphatic heterocycles. The van der Waals surface area contributed by atoms with Gasteiger partial charge in [-0.25, -0.2) is 0 Å². The van der Waals surface area contributed by atoms with E-state index in [0.717, 1.165) is 17.1 Å². The standard InChI is InChI=1S/C11H14N4/c1-8-4-3-5-9(13-8)11(12)10-6-7-15(2)14-10/h3-7,11H,12H2,1-2H3. The lowest BCUT2D eigenvalue weighted by molar-refractivity contribution is 0.706. The second-order valence-corrected chi connectivity index (χ2v) is 3.60. The van der Waals surface area contributed by atoms with Gasteiger partial charge in [-0.3, -0.25) is 9.67 Å². The fourth-order valence-corrected chi connectivity index (χ4v) is 1.49. The van der Waals surface area contributed by atoms with Crippen molar-refractivity contribution in [3.05, 3.63) is 47.5 Å². The maximum Gasteiger partial charge on any atom is 0.0918 e. The highest BCUT2D eigenvalue weighted by molar-refractivity contribution is 5.21. The lowest BCUT2D eigenvalue weighted by atomic mass is 10.1. The Morgan fingerprint density at radius 1 is 1.27 bits per heavy atom. The Morgan fingerprint density at radius 3 is 2.67 bits per heavy atom. The van der Waals surface area contributed by atoms with Crippen LogP contribution in [0.1, 0.15) is 23.1 Å². The fourth-order valence-electron chi connectivity index (χ4n) is 1.49. The van der Waals surface area contributed by atoms with Crippen LogP contribution >= 0.6 is 0 Å². The van der Waals surface area contributed by atoms with Gasteiger partial charge >= 0.3 is 0 Å². The molecule has 1 unspecified atom stereocenters. The van der Waals surface area contributed by atoms with Crippen molar-refractivity contribution in [2.45, 2.75) is 13.0 Å². The second-order valence-electron chi connectivity index (χ2n) is 3.60. The van der Waals surface area contributed by atoms with Gasteiger partial charge in [0.2, 0.25) is 0 Å². The van der Waals surface area contributed by atoms with E-state index in [9.17, 15) is 0 Å². The molecule has 78 valence electrons. The van der Waals surface area contributed by atoms with Gasteiger partial charge in [-0.05, 0) is 25.1 Å². The van der Waals surface area contributed by atoms with Crippen LogP contribution in [0.3, 0.4) is 0 Å². The van der Waals surface area contributed by atoms with Crippen LogP contribution in [0.25, 0.3) is 0 Å². The van der Waals surface area contributed by atoms with E-state index in [0.29, 0.717) is 0 Å². The van der Waals surface area contributed by atoms with Gasteiger partial charge in [-0.1, -0.05) is 6.07 Å². The fraction of sp³-hybridized carbons (Fsp3) is 0.273. The van der Waals surface area contributed by atoms with Crippen LogP contribution in [0.4, 0.5) is 0 Å². The van der Waals surface area contributed by atoms with Crippen LogP contribution in [0.2, 0.25) is 0 Å². The molecule has 0 aromatic carbocycles. The molecule has 2 aromatic rings. The molecule has 0 fully saturated rings. The highest BCUT2D eigenvalue weighted by Crippen LogP contribution is 2.15. The molecule has 4 heteroatoms. The van der Waals surface area contributed by atoms with Crippen LogP contribution in [-0.2, 0) is 7.05 Å². The lowest BCUT2D eigenvalue weighted by Crippen LogP contribution is -2.14. The SMILES string of the molecule is Cc1cccc(C(N)c2ccn(C)n2)n1. The number of aryl methyl sites for hydroxylation is 2. The van der Waals surface area contributed by atoms with Crippen molar-refractivity contribution in [3.63, 3.8) is 0 Å². The quantitative estimate of drug-likeness (QED) is 0.795. The van der Waals surface area contributed by atoms with E-state index in [4.69, 9.17) is 5.73 Å². The Hall–Kier alpha value is -1.68. The molecule has 0 saturated heterocycles. The van der Waals surface area contributed by atoms with Gasteiger partial charge in [0.15, 0.2) is 0 Å². The van der Waals surface area contributed by atoms with Crippen LogP contribution in [-0.4, -0.2) is 14.8 Å². The first-order chi connectivity index (χ1) is 7.16. The molecule has 2 rings (SSSR count). The summed E-state index contributed by atoms with van der Waals surface area (Å²) in [7, 11) is 1.87. The highest BCUT2D eigenvalue weighted by atomic mass is 15.3. The maximum absolute atomic E-state index is 6.06. The van der Waals surface area contributed by atoms with E-state index >= 15 is 0 Å². The zero-order chi connectivity index (χ0) is 10.8. The molecule has 0 aliphatic carbocycles. The molecular weight excluding hydrogens is 188 g/mol. The first kappa shape index (κ1) is 9.86. The summed E-state index contributed by atoms with van der Waals surface area (Å²) in [6, 6.07) is 7.50. The van der Waals surface area contributed by atoms with E-state index in [2.05, 4.69) is 10.1 Å². The average Bonchev–Trinajstić information content (AvgIpc) is 2.64. The van der Waals surface area contributed by atoms with E-state index in [1.807, 2.05) is 44.4 Å². The number of hydrogen-bond acceptors (Lipinski definition) is 3. The number of nitrogens with zero attached hydrogens (tertiary/aromatic N) is 3. The predicted octanol–water partition coefficient (Wildman–Crippen LogP) is 1.17. The molecule has 2 N–H and O–H groups in total. The molecule has 0 saturated carbocycles. The molecule has 4 nitrogen and oxygen atoms in total. The molecule has 15 heavy (non-hydrogen) atoms. The second kappa shape index (κ2) is 3.82. The number of pyridine rings is 1. The van der Waals surface area contributed by atoms with Crippen molar-refractivity contribution >= 4 is 0 Å². The Labute approximate surface area is 88.8 Å². The van der Waals surface area contributed by atoms with E-state index in [1.54, 1.807) is 4.68 Å². The maximum atomic E-state index is 6.06. The van der Waals surface area contributed by atoms with Gasteiger partial charge < -0.3 is 5.73 Å². The molecular formula is C11H14N4. The van der Waals surface area contributed by atoms with Gasteiger partial charge in [-0.2, -0.15) is 5.10 Å². The summed E-state index contributed by atoms with van der Waals surface area (Å²) in [4.78, 5) is 4.38. The largest absolute Gasteiger partial charge is 0.318 e. The van der Waals surface area contributed by atoms with Crippen molar-refractivity contribution in [3.8, 4) is 0 Å². The minimum Gasteiger partial charge on any atom is -0.318 e. The molecule has 0 radical (unpaired) electrons. The summed E-state index contributed by atoms with van der Waals surface area (Å²) in [6.07, 6.45) is 1.88. The third kappa shape index (κ3) is 2.05. The Kier molecular flexibility index (Phi) is 2.51. The van der Waals surface area contributed by atoms with Crippen LogP contribution in [0.5, 0.6) is 0 Å². The number of rotatable bonds is 2. The minimum atomic E-state index is -0.244. The summed E-state index contributed by atoms with van der Waals surface area (Å²) in [5, 5.41) is 4.27. The van der Waals surface area contributed by atoms with Crippen LogP contribution < -0.4 is 5.73 Å². The van der Waals surface area contributed by atoms with E-state index in [-0.39, 0.29) is 6.04 Å². The van der Waals surface area contributed by atoms with Crippen LogP contribution in [0.15, 0.2) is 30.5 Å². The van der Waals surface area contributed by atoms with Gasteiger partial charge in [0.25, 0.3) is 0 Å². The molecule has 2 heterocycles. The van der Waals surface area contributed by atoms with Crippen molar-refractivity contribution in [1.82, 2.24) is 14.8 Å².